The second-order valence-electron chi connectivity index (χ2n) is 10.6. The smallest absolute Gasteiger partial charge is 0.232 e. The molecule has 2 unspecified atom stereocenters. The van der Waals surface area contributed by atoms with E-state index in [2.05, 4.69) is 73.6 Å². The monoisotopic (exact) mass is 524 g/mol. The van der Waals surface area contributed by atoms with Crippen LogP contribution < -0.4 is 5.43 Å². The number of rotatable bonds is 7. The molecule has 4 atom stereocenters. The number of hydrogen-bond donors (Lipinski definition) is 2. The molecule has 37 heavy (non-hydrogen) atoms. The van der Waals surface area contributed by atoms with Crippen LogP contribution in [0.4, 0.5) is 0 Å². The summed E-state index contributed by atoms with van der Waals surface area (Å²) in [7, 11) is -3.52. The van der Waals surface area contributed by atoms with Crippen LogP contribution in [0.25, 0.3) is 11.1 Å². The molecule has 3 heterocycles. The summed E-state index contributed by atoms with van der Waals surface area (Å²) in [5.74, 6) is 0.0790. The molecular formula is C29H40N4O3S. The van der Waals surface area contributed by atoms with E-state index in [1.807, 2.05) is 17.2 Å². The van der Waals surface area contributed by atoms with Crippen molar-refractivity contribution in [1.82, 2.24) is 19.6 Å². The lowest BCUT2D eigenvalue weighted by Gasteiger charge is -2.56. The fourth-order valence-electron chi connectivity index (χ4n) is 6.33. The molecule has 0 saturated carbocycles. The molecule has 7 nitrogen and oxygen atoms in total. The molecule has 0 aliphatic carbocycles. The van der Waals surface area contributed by atoms with E-state index in [1.54, 1.807) is 4.31 Å². The van der Waals surface area contributed by atoms with E-state index >= 15 is 0 Å². The summed E-state index contributed by atoms with van der Waals surface area (Å²) in [4.78, 5) is 2.26. The molecule has 2 N–H and O–H groups in total. The minimum absolute atomic E-state index is 0.0198. The van der Waals surface area contributed by atoms with E-state index in [4.69, 9.17) is 0 Å². The van der Waals surface area contributed by atoms with Crippen LogP contribution in [0.15, 0.2) is 54.6 Å². The molecule has 0 radical (unpaired) electrons. The van der Waals surface area contributed by atoms with Crippen molar-refractivity contribution in [3.8, 4) is 11.1 Å². The zero-order chi connectivity index (χ0) is 26.2. The average molecular weight is 525 g/mol. The summed E-state index contributed by atoms with van der Waals surface area (Å²) in [5, 5.41) is 11.7. The Hall–Kier alpha value is -2.07. The largest absolute Gasteiger partial charge is 0.395 e. The van der Waals surface area contributed by atoms with Crippen molar-refractivity contribution < 1.29 is 13.5 Å². The molecule has 2 aromatic rings. The Balaban J connectivity index is 1.41. The van der Waals surface area contributed by atoms with Gasteiger partial charge in [-0.1, -0.05) is 61.5 Å². The predicted octanol–water partition coefficient (Wildman–Crippen LogP) is 3.25. The lowest BCUT2D eigenvalue weighted by molar-refractivity contribution is -0.0417. The van der Waals surface area contributed by atoms with Gasteiger partial charge >= 0.3 is 0 Å². The molecule has 5 rings (SSSR count). The summed E-state index contributed by atoms with van der Waals surface area (Å²) < 4.78 is 29.3. The van der Waals surface area contributed by atoms with Crippen LogP contribution in [0.3, 0.4) is 0 Å². The second kappa shape index (κ2) is 11.0. The lowest BCUT2D eigenvalue weighted by Crippen LogP contribution is -2.67. The summed E-state index contributed by atoms with van der Waals surface area (Å²) in [6.45, 7) is 9.37. The molecule has 0 spiro atoms. The lowest BCUT2D eigenvalue weighted by atomic mass is 9.74. The predicted molar refractivity (Wildman–Crippen MR) is 148 cm³/mol. The Morgan fingerprint density at radius 1 is 1.05 bits per heavy atom. The highest BCUT2D eigenvalue weighted by Crippen LogP contribution is 2.42. The van der Waals surface area contributed by atoms with E-state index in [1.165, 1.54) is 22.3 Å². The van der Waals surface area contributed by atoms with Crippen molar-refractivity contribution in [3.63, 3.8) is 0 Å². The third kappa shape index (κ3) is 4.91. The number of benzene rings is 2. The van der Waals surface area contributed by atoms with Crippen molar-refractivity contribution in [2.24, 2.45) is 0 Å². The standard InChI is InChI=1S/C29H40N4O3S/c1-4-16-33-28(14-15-30-33)37(35,36)31-17-5-6-18-32-26(19-31)29(27(32)20-34)24-12-10-23(11-13-24)25-9-7-8-21(2)22(25)3/h5-13,26-30,34H,4,14-20H2,1-3H3/b6-5-/t26-,27+,28?,29?/m0/s1. The number of hydrazine groups is 1. The third-order valence-electron chi connectivity index (χ3n) is 8.48. The molecule has 0 bridgehead atoms. The van der Waals surface area contributed by atoms with Gasteiger partial charge in [0.05, 0.1) is 6.61 Å². The van der Waals surface area contributed by atoms with Crippen LogP contribution in [-0.4, -0.2) is 84.5 Å². The number of fused-ring (bicyclic) bond motifs is 1. The van der Waals surface area contributed by atoms with Gasteiger partial charge in [0.2, 0.25) is 10.0 Å². The van der Waals surface area contributed by atoms with Gasteiger partial charge in [0.25, 0.3) is 0 Å². The SMILES string of the molecule is CCCN1NCCC1S(=O)(=O)N1C/C=C\CN2[C@H](CO)C(c3ccc(-c4cccc(C)c4C)cc3)[C@@H]2C1. The fourth-order valence-corrected chi connectivity index (χ4v) is 8.24. The quantitative estimate of drug-likeness (QED) is 0.542. The fraction of sp³-hybridized carbons (Fsp3) is 0.517. The summed E-state index contributed by atoms with van der Waals surface area (Å²) in [5.41, 5.74) is 9.38. The Morgan fingerprint density at radius 3 is 2.54 bits per heavy atom. The first kappa shape index (κ1) is 26.5. The molecule has 0 amide bonds. The van der Waals surface area contributed by atoms with Gasteiger partial charge in [-0.2, -0.15) is 4.31 Å². The first-order valence-electron chi connectivity index (χ1n) is 13.5. The third-order valence-corrected chi connectivity index (χ3v) is 10.7. The highest BCUT2D eigenvalue weighted by Gasteiger charge is 2.51. The molecule has 200 valence electrons. The normalized spacial score (nSPS) is 28.3. The van der Waals surface area contributed by atoms with Crippen LogP contribution in [0, 0.1) is 13.8 Å². The molecule has 2 aromatic carbocycles. The number of aliphatic hydroxyl groups excluding tert-OH is 1. The Kier molecular flexibility index (Phi) is 7.86. The minimum atomic E-state index is -3.52. The maximum absolute atomic E-state index is 13.8. The van der Waals surface area contributed by atoms with Gasteiger partial charge in [-0.15, -0.1) is 0 Å². The van der Waals surface area contributed by atoms with E-state index in [9.17, 15) is 13.5 Å². The van der Waals surface area contributed by atoms with Crippen molar-refractivity contribution in [2.45, 2.75) is 57.0 Å². The number of aliphatic hydroxyl groups is 1. The maximum Gasteiger partial charge on any atom is 0.232 e. The van der Waals surface area contributed by atoms with Crippen LogP contribution in [0.1, 0.15) is 42.4 Å². The molecule has 2 saturated heterocycles. The maximum atomic E-state index is 13.8. The molecule has 2 fully saturated rings. The molecule has 0 aromatic heterocycles. The number of hydrogen-bond acceptors (Lipinski definition) is 6. The number of aryl methyl sites for hydroxylation is 1. The first-order valence-corrected chi connectivity index (χ1v) is 15.0. The minimum Gasteiger partial charge on any atom is -0.395 e. The van der Waals surface area contributed by atoms with Crippen molar-refractivity contribution in [3.05, 3.63) is 71.3 Å². The molecular weight excluding hydrogens is 484 g/mol. The van der Waals surface area contributed by atoms with Crippen LogP contribution in [0.5, 0.6) is 0 Å². The Labute approximate surface area is 221 Å². The van der Waals surface area contributed by atoms with Gasteiger partial charge < -0.3 is 5.11 Å². The Morgan fingerprint density at radius 2 is 1.81 bits per heavy atom. The number of nitrogens with zero attached hydrogens (tertiary/aromatic N) is 3. The Bertz CT molecular complexity index is 1230. The van der Waals surface area contributed by atoms with Crippen LogP contribution >= 0.6 is 0 Å². The molecule has 3 aliphatic rings. The van der Waals surface area contributed by atoms with E-state index in [0.717, 1.165) is 18.5 Å². The molecule has 8 heteroatoms. The zero-order valence-electron chi connectivity index (χ0n) is 22.2. The highest BCUT2D eigenvalue weighted by molar-refractivity contribution is 7.89. The van der Waals surface area contributed by atoms with Crippen LogP contribution in [0.2, 0.25) is 0 Å². The van der Waals surface area contributed by atoms with Crippen molar-refractivity contribution >= 4 is 10.0 Å². The van der Waals surface area contributed by atoms with Gasteiger partial charge in [-0.05, 0) is 54.5 Å². The first-order chi connectivity index (χ1) is 17.9. The van der Waals surface area contributed by atoms with Crippen molar-refractivity contribution in [2.75, 3.05) is 39.3 Å². The van der Waals surface area contributed by atoms with Gasteiger partial charge in [0, 0.05) is 50.7 Å². The zero-order valence-corrected chi connectivity index (χ0v) is 23.0. The van der Waals surface area contributed by atoms with E-state index < -0.39 is 15.4 Å². The van der Waals surface area contributed by atoms with Crippen LogP contribution in [-0.2, 0) is 10.0 Å². The second-order valence-corrected chi connectivity index (χ2v) is 12.7. The number of sulfonamides is 1. The van der Waals surface area contributed by atoms with Gasteiger partial charge in [0.1, 0.15) is 5.37 Å². The molecule has 3 aliphatic heterocycles. The van der Waals surface area contributed by atoms with Crippen molar-refractivity contribution in [1.29, 1.82) is 0 Å². The van der Waals surface area contributed by atoms with E-state index in [0.29, 0.717) is 32.6 Å². The van der Waals surface area contributed by atoms with Gasteiger partial charge in [-0.3, -0.25) is 10.3 Å². The average Bonchev–Trinajstić information content (AvgIpc) is 3.35. The number of nitrogens with one attached hydrogen (secondary N) is 1. The highest BCUT2D eigenvalue weighted by atomic mass is 32.2. The summed E-state index contributed by atoms with van der Waals surface area (Å²) >= 11 is 0. The van der Waals surface area contributed by atoms with Gasteiger partial charge in [0.15, 0.2) is 0 Å². The van der Waals surface area contributed by atoms with Gasteiger partial charge in [-0.25, -0.2) is 13.4 Å². The summed E-state index contributed by atoms with van der Waals surface area (Å²) in [6.07, 6.45) is 5.50. The summed E-state index contributed by atoms with van der Waals surface area (Å²) in [6, 6.07) is 15.0. The van der Waals surface area contributed by atoms with E-state index in [-0.39, 0.29) is 24.6 Å². The topological polar surface area (TPSA) is 76.1 Å².